The lowest BCUT2D eigenvalue weighted by molar-refractivity contribution is -0.114. The molecule has 3 rings (SSSR count). The van der Waals surface area contributed by atoms with Gasteiger partial charge in [0.25, 0.3) is 5.91 Å². The molecule has 0 unspecified atom stereocenters. The number of hydrogen-bond acceptors (Lipinski definition) is 3. The molecule has 0 radical (unpaired) electrons. The number of benzene rings is 2. The number of hydrazone groups is 1. The van der Waals surface area contributed by atoms with Crippen LogP contribution < -0.4 is 9.75 Å². The monoisotopic (exact) mass is 306 g/mol. The third-order valence-electron chi connectivity index (χ3n) is 3.58. The Kier molecular flexibility index (Phi) is 4.24. The molecule has 116 valence electrons. The molecule has 0 saturated carbocycles. The molecule has 0 fully saturated rings. The Morgan fingerprint density at radius 3 is 2.52 bits per heavy atom. The van der Waals surface area contributed by atoms with Gasteiger partial charge < -0.3 is 4.74 Å². The summed E-state index contributed by atoms with van der Waals surface area (Å²) in [5.41, 5.74) is 2.92. The highest BCUT2D eigenvalue weighted by Gasteiger charge is 2.28. The second kappa shape index (κ2) is 6.48. The molecule has 4 heteroatoms. The first-order valence-corrected chi connectivity index (χ1v) is 7.59. The van der Waals surface area contributed by atoms with Crippen LogP contribution in [-0.2, 0) is 4.79 Å². The Bertz CT molecular complexity index is 779. The van der Waals surface area contributed by atoms with Gasteiger partial charge in [-0.25, -0.2) is 0 Å². The van der Waals surface area contributed by atoms with Crippen LogP contribution in [0.1, 0.15) is 19.4 Å². The first kappa shape index (κ1) is 15.0. The molecule has 1 amide bonds. The molecule has 0 aromatic heterocycles. The van der Waals surface area contributed by atoms with E-state index in [1.165, 1.54) is 5.01 Å². The molecule has 0 N–H and O–H groups in total. The summed E-state index contributed by atoms with van der Waals surface area (Å²) in [6.45, 7) is 4.36. The highest BCUT2D eigenvalue weighted by Crippen LogP contribution is 2.27. The molecule has 2 aromatic carbocycles. The smallest absolute Gasteiger partial charge is 0.280 e. The second-order valence-electron chi connectivity index (χ2n) is 5.17. The molecule has 0 atom stereocenters. The third-order valence-corrected chi connectivity index (χ3v) is 3.58. The number of hydrogen-bond donors (Lipinski definition) is 0. The Balaban J connectivity index is 1.96. The van der Waals surface area contributed by atoms with Gasteiger partial charge in [-0.3, -0.25) is 4.79 Å². The largest absolute Gasteiger partial charge is 0.493 e. The fourth-order valence-corrected chi connectivity index (χ4v) is 2.47. The van der Waals surface area contributed by atoms with E-state index in [0.29, 0.717) is 17.9 Å². The van der Waals surface area contributed by atoms with E-state index in [4.69, 9.17) is 4.74 Å². The van der Waals surface area contributed by atoms with Gasteiger partial charge in [0.2, 0.25) is 0 Å². The van der Waals surface area contributed by atoms with Crippen molar-refractivity contribution in [3.63, 3.8) is 0 Å². The van der Waals surface area contributed by atoms with Gasteiger partial charge in [-0.05, 0) is 38.1 Å². The van der Waals surface area contributed by atoms with Gasteiger partial charge >= 0.3 is 0 Å². The van der Waals surface area contributed by atoms with Crippen LogP contribution in [0.25, 0.3) is 6.08 Å². The number of amides is 1. The molecule has 1 aliphatic heterocycles. The van der Waals surface area contributed by atoms with Gasteiger partial charge in [-0.2, -0.15) is 10.1 Å². The van der Waals surface area contributed by atoms with Crippen molar-refractivity contribution in [1.82, 2.24) is 0 Å². The van der Waals surface area contributed by atoms with E-state index < -0.39 is 0 Å². The number of carbonyl (C=O) groups is 1. The zero-order valence-corrected chi connectivity index (χ0v) is 13.2. The summed E-state index contributed by atoms with van der Waals surface area (Å²) in [7, 11) is 0. The lowest BCUT2D eigenvalue weighted by Gasteiger charge is -2.11. The van der Waals surface area contributed by atoms with Crippen LogP contribution in [0.2, 0.25) is 0 Å². The summed E-state index contributed by atoms with van der Waals surface area (Å²) in [6.07, 6.45) is 1.84. The van der Waals surface area contributed by atoms with Crippen LogP contribution in [0.3, 0.4) is 0 Å². The maximum Gasteiger partial charge on any atom is 0.280 e. The fraction of sp³-hybridized carbons (Fsp3) is 0.158. The number of nitrogens with zero attached hydrogens (tertiary/aromatic N) is 2. The van der Waals surface area contributed by atoms with Crippen LogP contribution >= 0.6 is 0 Å². The summed E-state index contributed by atoms with van der Waals surface area (Å²) in [4.78, 5) is 12.7. The summed E-state index contributed by atoms with van der Waals surface area (Å²) < 4.78 is 5.62. The molecule has 1 heterocycles. The Morgan fingerprint density at radius 2 is 1.78 bits per heavy atom. The van der Waals surface area contributed by atoms with E-state index in [2.05, 4.69) is 5.10 Å². The first-order valence-electron chi connectivity index (χ1n) is 7.59. The van der Waals surface area contributed by atoms with Crippen molar-refractivity contribution in [2.45, 2.75) is 13.8 Å². The lowest BCUT2D eigenvalue weighted by Crippen LogP contribution is -2.21. The van der Waals surface area contributed by atoms with Crippen LogP contribution in [0.5, 0.6) is 5.75 Å². The third kappa shape index (κ3) is 3.01. The Hall–Kier alpha value is -2.88. The second-order valence-corrected chi connectivity index (χ2v) is 5.17. The molecule has 23 heavy (non-hydrogen) atoms. The molecule has 2 aromatic rings. The number of para-hydroxylation sites is 2. The van der Waals surface area contributed by atoms with Crippen LogP contribution in [0.4, 0.5) is 5.69 Å². The van der Waals surface area contributed by atoms with Crippen molar-refractivity contribution in [3.8, 4) is 5.75 Å². The first-order chi connectivity index (χ1) is 11.2. The molecule has 4 nitrogen and oxygen atoms in total. The maximum absolute atomic E-state index is 12.7. The van der Waals surface area contributed by atoms with Crippen molar-refractivity contribution in [1.29, 1.82) is 0 Å². The van der Waals surface area contributed by atoms with Crippen molar-refractivity contribution >= 4 is 23.4 Å². The average molecular weight is 306 g/mol. The Labute approximate surface area is 135 Å². The topological polar surface area (TPSA) is 41.9 Å². The van der Waals surface area contributed by atoms with Crippen molar-refractivity contribution in [2.75, 3.05) is 11.6 Å². The number of rotatable bonds is 4. The van der Waals surface area contributed by atoms with E-state index in [-0.39, 0.29) is 5.91 Å². The van der Waals surface area contributed by atoms with Crippen LogP contribution in [-0.4, -0.2) is 18.2 Å². The molecule has 0 spiro atoms. The minimum Gasteiger partial charge on any atom is -0.493 e. The highest BCUT2D eigenvalue weighted by molar-refractivity contribution is 6.32. The minimum atomic E-state index is -0.125. The summed E-state index contributed by atoms with van der Waals surface area (Å²) in [5.74, 6) is 0.640. The van der Waals surface area contributed by atoms with Gasteiger partial charge in [0.05, 0.1) is 23.6 Å². The van der Waals surface area contributed by atoms with E-state index in [9.17, 15) is 4.79 Å². The van der Waals surface area contributed by atoms with E-state index >= 15 is 0 Å². The number of anilines is 1. The predicted octanol–water partition coefficient (Wildman–Crippen LogP) is 3.89. The van der Waals surface area contributed by atoms with Crippen LogP contribution in [0.15, 0.2) is 65.3 Å². The SMILES string of the molecule is CCOc1ccccc1/C=C1/C(=O)N(c2ccccc2)N=C1C. The molecule has 0 aliphatic carbocycles. The standard InChI is InChI=1S/C19H18N2O2/c1-3-23-18-12-8-7-9-15(18)13-17-14(2)20-21(19(17)22)16-10-5-4-6-11-16/h4-13H,3H2,1-2H3/b17-13+. The van der Waals surface area contributed by atoms with Crippen molar-refractivity contribution in [2.24, 2.45) is 5.10 Å². The normalized spacial score (nSPS) is 15.9. The highest BCUT2D eigenvalue weighted by atomic mass is 16.5. The van der Waals surface area contributed by atoms with E-state index in [0.717, 1.165) is 17.0 Å². The fourth-order valence-electron chi connectivity index (χ4n) is 2.47. The van der Waals surface area contributed by atoms with Crippen LogP contribution in [0, 0.1) is 0 Å². The van der Waals surface area contributed by atoms with Gasteiger partial charge in [0.1, 0.15) is 5.75 Å². The number of ether oxygens (including phenoxy) is 1. The van der Waals surface area contributed by atoms with Gasteiger partial charge in [-0.1, -0.05) is 36.4 Å². The Morgan fingerprint density at radius 1 is 1.09 bits per heavy atom. The molecule has 1 aliphatic rings. The van der Waals surface area contributed by atoms with Gasteiger partial charge in [-0.15, -0.1) is 0 Å². The quantitative estimate of drug-likeness (QED) is 0.804. The van der Waals surface area contributed by atoms with Crippen molar-refractivity contribution in [3.05, 3.63) is 65.7 Å². The van der Waals surface area contributed by atoms with Gasteiger partial charge in [0.15, 0.2) is 0 Å². The molecule has 0 bridgehead atoms. The minimum absolute atomic E-state index is 0.125. The summed E-state index contributed by atoms with van der Waals surface area (Å²) >= 11 is 0. The predicted molar refractivity (Wildman–Crippen MR) is 92.6 cm³/mol. The summed E-state index contributed by atoms with van der Waals surface area (Å²) in [5, 5.41) is 5.82. The molecular weight excluding hydrogens is 288 g/mol. The maximum atomic E-state index is 12.7. The van der Waals surface area contributed by atoms with Gasteiger partial charge in [0, 0.05) is 5.56 Å². The molecule has 0 saturated heterocycles. The van der Waals surface area contributed by atoms with Crippen molar-refractivity contribution < 1.29 is 9.53 Å². The lowest BCUT2D eigenvalue weighted by atomic mass is 10.1. The van der Waals surface area contributed by atoms with E-state index in [1.54, 1.807) is 0 Å². The van der Waals surface area contributed by atoms with E-state index in [1.807, 2.05) is 74.5 Å². The summed E-state index contributed by atoms with van der Waals surface area (Å²) in [6, 6.07) is 17.1. The average Bonchev–Trinajstić information content (AvgIpc) is 2.86. The molecular formula is C19H18N2O2. The zero-order chi connectivity index (χ0) is 16.2. The zero-order valence-electron chi connectivity index (χ0n) is 13.2. The number of carbonyl (C=O) groups excluding carboxylic acids is 1.